The molecular formula is C13H21NO3S. The summed E-state index contributed by atoms with van der Waals surface area (Å²) >= 11 is 0. The number of aliphatic hydroxyl groups excluding tert-OH is 1. The average Bonchev–Trinajstić information content (AvgIpc) is 2.26. The number of sulfonamides is 1. The topological polar surface area (TPSA) is 66.4 Å². The molecule has 1 aromatic carbocycles. The maximum atomic E-state index is 11.8. The van der Waals surface area contributed by atoms with Crippen LogP contribution in [0.15, 0.2) is 30.3 Å². The summed E-state index contributed by atoms with van der Waals surface area (Å²) in [4.78, 5) is 0. The first-order valence-electron chi connectivity index (χ1n) is 6.08. The Kier molecular flexibility index (Phi) is 5.78. The molecular weight excluding hydrogens is 250 g/mol. The third kappa shape index (κ3) is 6.14. The Labute approximate surface area is 109 Å². The molecule has 0 unspecified atom stereocenters. The minimum atomic E-state index is -3.30. The van der Waals surface area contributed by atoms with E-state index >= 15 is 0 Å². The number of benzene rings is 1. The highest BCUT2D eigenvalue weighted by atomic mass is 32.2. The van der Waals surface area contributed by atoms with Crippen LogP contribution in [0.5, 0.6) is 0 Å². The van der Waals surface area contributed by atoms with Crippen molar-refractivity contribution in [2.75, 3.05) is 6.54 Å². The summed E-state index contributed by atoms with van der Waals surface area (Å²) in [6.07, 6.45) is 0.187. The molecule has 0 aliphatic rings. The zero-order chi connectivity index (χ0) is 13.6. The number of aliphatic hydroxyl groups is 1. The summed E-state index contributed by atoms with van der Waals surface area (Å²) in [6, 6.07) is 9.08. The van der Waals surface area contributed by atoms with Gasteiger partial charge in [-0.1, -0.05) is 37.3 Å². The molecule has 0 aliphatic heterocycles. The molecule has 0 saturated heterocycles. The molecule has 0 fully saturated rings. The van der Waals surface area contributed by atoms with Crippen LogP contribution in [-0.2, 0) is 15.8 Å². The van der Waals surface area contributed by atoms with Gasteiger partial charge in [-0.15, -0.1) is 0 Å². The molecule has 1 rings (SSSR count). The second-order valence-electron chi connectivity index (χ2n) is 4.78. The highest BCUT2D eigenvalue weighted by Crippen LogP contribution is 2.07. The van der Waals surface area contributed by atoms with E-state index in [0.29, 0.717) is 13.0 Å². The SMILES string of the molecule is C[C@H](CNS(=O)(=O)Cc1ccccc1)C[C@H](C)O. The van der Waals surface area contributed by atoms with Gasteiger partial charge < -0.3 is 5.11 Å². The summed E-state index contributed by atoms with van der Waals surface area (Å²) in [6.45, 7) is 3.98. The van der Waals surface area contributed by atoms with Gasteiger partial charge in [0, 0.05) is 6.54 Å². The van der Waals surface area contributed by atoms with Gasteiger partial charge in [0.15, 0.2) is 0 Å². The third-order valence-electron chi connectivity index (χ3n) is 2.59. The van der Waals surface area contributed by atoms with E-state index in [1.807, 2.05) is 25.1 Å². The zero-order valence-corrected chi connectivity index (χ0v) is 11.7. The van der Waals surface area contributed by atoms with Crippen molar-refractivity contribution in [1.82, 2.24) is 4.72 Å². The Bertz CT molecular complexity index is 443. The van der Waals surface area contributed by atoms with Crippen LogP contribution in [0.1, 0.15) is 25.8 Å². The molecule has 0 bridgehead atoms. The summed E-state index contributed by atoms with van der Waals surface area (Å²) < 4.78 is 26.2. The summed E-state index contributed by atoms with van der Waals surface area (Å²) in [5.41, 5.74) is 0.771. The number of nitrogens with one attached hydrogen (secondary N) is 1. The van der Waals surface area contributed by atoms with Gasteiger partial charge in [-0.25, -0.2) is 13.1 Å². The molecule has 0 radical (unpaired) electrons. The largest absolute Gasteiger partial charge is 0.393 e. The van der Waals surface area contributed by atoms with Crippen molar-refractivity contribution >= 4 is 10.0 Å². The summed E-state index contributed by atoms with van der Waals surface area (Å²) in [5.74, 6) is 0.116. The maximum absolute atomic E-state index is 11.8. The van der Waals surface area contributed by atoms with Gasteiger partial charge in [-0.2, -0.15) is 0 Å². The molecule has 0 spiro atoms. The zero-order valence-electron chi connectivity index (χ0n) is 10.8. The Morgan fingerprint density at radius 2 is 1.83 bits per heavy atom. The summed E-state index contributed by atoms with van der Waals surface area (Å²) in [7, 11) is -3.30. The molecule has 4 nitrogen and oxygen atoms in total. The van der Waals surface area contributed by atoms with Crippen molar-refractivity contribution in [2.45, 2.75) is 32.1 Å². The quantitative estimate of drug-likeness (QED) is 0.790. The molecule has 2 N–H and O–H groups in total. The van der Waals surface area contributed by atoms with Crippen molar-refractivity contribution in [3.63, 3.8) is 0 Å². The lowest BCUT2D eigenvalue weighted by atomic mass is 10.1. The van der Waals surface area contributed by atoms with Crippen molar-refractivity contribution in [2.24, 2.45) is 5.92 Å². The Morgan fingerprint density at radius 3 is 2.39 bits per heavy atom. The van der Waals surface area contributed by atoms with Gasteiger partial charge in [0.05, 0.1) is 11.9 Å². The third-order valence-corrected chi connectivity index (χ3v) is 3.91. The minimum Gasteiger partial charge on any atom is -0.393 e. The van der Waals surface area contributed by atoms with E-state index in [4.69, 9.17) is 0 Å². The van der Waals surface area contributed by atoms with Crippen molar-refractivity contribution in [1.29, 1.82) is 0 Å². The van der Waals surface area contributed by atoms with Gasteiger partial charge in [0.1, 0.15) is 0 Å². The van der Waals surface area contributed by atoms with E-state index in [2.05, 4.69) is 4.72 Å². The van der Waals surface area contributed by atoms with E-state index in [9.17, 15) is 13.5 Å². The molecule has 0 heterocycles. The van der Waals surface area contributed by atoms with Crippen molar-refractivity contribution in [3.05, 3.63) is 35.9 Å². The maximum Gasteiger partial charge on any atom is 0.215 e. The Hall–Kier alpha value is -0.910. The first-order valence-corrected chi connectivity index (χ1v) is 7.73. The second kappa shape index (κ2) is 6.87. The normalized spacial score (nSPS) is 15.3. The van der Waals surface area contributed by atoms with Crippen LogP contribution in [0.3, 0.4) is 0 Å². The molecule has 5 heteroatoms. The summed E-state index contributed by atoms with van der Waals surface area (Å²) in [5, 5.41) is 9.21. The fourth-order valence-electron chi connectivity index (χ4n) is 1.78. The lowest BCUT2D eigenvalue weighted by Crippen LogP contribution is -2.30. The highest BCUT2D eigenvalue weighted by Gasteiger charge is 2.13. The smallest absolute Gasteiger partial charge is 0.215 e. The molecule has 0 saturated carbocycles. The molecule has 18 heavy (non-hydrogen) atoms. The number of hydrogen-bond donors (Lipinski definition) is 2. The second-order valence-corrected chi connectivity index (χ2v) is 6.59. The van der Waals surface area contributed by atoms with Crippen LogP contribution in [0.4, 0.5) is 0 Å². The van der Waals surface area contributed by atoms with Crippen LogP contribution >= 0.6 is 0 Å². The van der Waals surface area contributed by atoms with Crippen molar-refractivity contribution in [3.8, 4) is 0 Å². The number of hydrogen-bond acceptors (Lipinski definition) is 3. The lowest BCUT2D eigenvalue weighted by molar-refractivity contribution is 0.165. The van der Waals surface area contributed by atoms with E-state index in [1.165, 1.54) is 0 Å². The van der Waals surface area contributed by atoms with E-state index in [-0.39, 0.29) is 11.7 Å². The van der Waals surface area contributed by atoms with Gasteiger partial charge in [0.2, 0.25) is 10.0 Å². The van der Waals surface area contributed by atoms with Gasteiger partial charge in [-0.05, 0) is 24.8 Å². The fourth-order valence-corrected chi connectivity index (χ4v) is 3.05. The van der Waals surface area contributed by atoms with E-state index in [1.54, 1.807) is 19.1 Å². The fraction of sp³-hybridized carbons (Fsp3) is 0.538. The minimum absolute atomic E-state index is 0.00472. The van der Waals surface area contributed by atoms with E-state index < -0.39 is 16.1 Å². The molecule has 102 valence electrons. The average molecular weight is 271 g/mol. The predicted molar refractivity (Wildman–Crippen MR) is 72.5 cm³/mol. The van der Waals surface area contributed by atoms with Crippen LogP contribution < -0.4 is 4.72 Å². The molecule has 0 amide bonds. The van der Waals surface area contributed by atoms with Crippen molar-refractivity contribution < 1.29 is 13.5 Å². The predicted octanol–water partition coefficient (Wildman–Crippen LogP) is 1.51. The molecule has 0 aliphatic carbocycles. The Morgan fingerprint density at radius 1 is 1.22 bits per heavy atom. The van der Waals surface area contributed by atoms with Crippen LogP contribution in [-0.4, -0.2) is 26.2 Å². The molecule has 2 atom stereocenters. The van der Waals surface area contributed by atoms with Crippen LogP contribution in [0.25, 0.3) is 0 Å². The first-order chi connectivity index (χ1) is 8.39. The lowest BCUT2D eigenvalue weighted by Gasteiger charge is -2.14. The highest BCUT2D eigenvalue weighted by molar-refractivity contribution is 7.88. The van der Waals surface area contributed by atoms with Crippen LogP contribution in [0, 0.1) is 5.92 Å². The Balaban J connectivity index is 2.46. The van der Waals surface area contributed by atoms with Gasteiger partial charge >= 0.3 is 0 Å². The first kappa shape index (κ1) is 15.1. The monoisotopic (exact) mass is 271 g/mol. The standard InChI is InChI=1S/C13H21NO3S/c1-11(8-12(2)15)9-14-18(16,17)10-13-6-4-3-5-7-13/h3-7,11-12,14-15H,8-10H2,1-2H3/t11-,12-/m0/s1. The van der Waals surface area contributed by atoms with E-state index in [0.717, 1.165) is 5.56 Å². The molecule has 0 aromatic heterocycles. The number of rotatable bonds is 7. The van der Waals surface area contributed by atoms with Gasteiger partial charge in [0.25, 0.3) is 0 Å². The van der Waals surface area contributed by atoms with Crippen LogP contribution in [0.2, 0.25) is 0 Å². The molecule has 1 aromatic rings. The van der Waals surface area contributed by atoms with Gasteiger partial charge in [-0.3, -0.25) is 0 Å².